The normalized spacial score (nSPS) is 9.43. The van der Waals surface area contributed by atoms with Gasteiger partial charge in [0.15, 0.2) is 0 Å². The maximum atomic E-state index is 4.82. The highest BCUT2D eigenvalue weighted by Crippen LogP contribution is 1.86. The highest BCUT2D eigenvalue weighted by Gasteiger charge is 1.89. The second-order valence-electron chi connectivity index (χ2n) is 1.16. The van der Waals surface area contributed by atoms with Gasteiger partial charge in [0.2, 0.25) is 11.5 Å². The Morgan fingerprint density at radius 3 is 2.43 bits per heavy atom. The molecule has 4 heteroatoms. The molecule has 1 aromatic rings. The van der Waals surface area contributed by atoms with Gasteiger partial charge in [0.25, 0.3) is 0 Å². The molecule has 1 rings (SSSR count). The maximum Gasteiger partial charge on any atom is 0.231 e. The van der Waals surface area contributed by atoms with Crippen molar-refractivity contribution in [1.82, 2.24) is 10.2 Å². The predicted octanol–water partition coefficient (Wildman–Crippen LogP) is -0.122. The molecular weight excluding hydrogens is 111 g/mol. The summed E-state index contributed by atoms with van der Waals surface area (Å²) in [5, 5.41) is 7.14. The minimum Gasteiger partial charge on any atom is -0.422 e. The minimum atomic E-state index is 0.539. The summed E-state index contributed by atoms with van der Waals surface area (Å²) in [6, 6.07) is 0. The molecule has 0 fully saturated rings. The van der Waals surface area contributed by atoms with Crippen molar-refractivity contribution in [3.8, 4) is 0 Å². The van der Waals surface area contributed by atoms with Gasteiger partial charge in [-0.15, -0.1) is 10.2 Å². The van der Waals surface area contributed by atoms with Gasteiger partial charge in [-0.25, -0.2) is 0 Å². The summed E-state index contributed by atoms with van der Waals surface area (Å²) in [6.07, 6.45) is 0. The van der Waals surface area contributed by atoms with Crippen LogP contribution < -0.4 is 5.63 Å². The summed E-state index contributed by atoms with van der Waals surface area (Å²) in [5.41, 5.74) is 0.539. The van der Waals surface area contributed by atoms with E-state index in [1.54, 1.807) is 6.92 Å². The number of hydrogen-bond donors (Lipinski definition) is 0. The molecule has 1 aromatic heterocycles. The molecule has 0 aromatic carbocycles. The third-order valence-electron chi connectivity index (χ3n) is 0.542. The Hall–Kier alpha value is -0.430. The van der Waals surface area contributed by atoms with Crippen LogP contribution in [0.4, 0.5) is 0 Å². The summed E-state index contributed by atoms with van der Waals surface area (Å²) >= 11 is 0. The number of nitrogens with zero attached hydrogens (tertiary/aromatic N) is 2. The Balaban J connectivity index is 3.04. The SMILES string of the molecule is Cc1nnc(P)o1. The van der Waals surface area contributed by atoms with Crippen molar-refractivity contribution in [1.29, 1.82) is 0 Å². The summed E-state index contributed by atoms with van der Waals surface area (Å²) in [6.45, 7) is 1.75. The average molecular weight is 116 g/mol. The van der Waals surface area contributed by atoms with Crippen LogP contribution in [0.3, 0.4) is 0 Å². The first kappa shape index (κ1) is 4.72. The van der Waals surface area contributed by atoms with Crippen molar-refractivity contribution in [2.75, 3.05) is 0 Å². The zero-order valence-corrected chi connectivity index (χ0v) is 5.03. The lowest BCUT2D eigenvalue weighted by Gasteiger charge is -1.70. The van der Waals surface area contributed by atoms with Gasteiger partial charge in [0, 0.05) is 6.92 Å². The molecule has 7 heavy (non-hydrogen) atoms. The second kappa shape index (κ2) is 1.58. The molecule has 0 radical (unpaired) electrons. The topological polar surface area (TPSA) is 38.9 Å². The molecule has 0 aliphatic carbocycles. The summed E-state index contributed by atoms with van der Waals surface area (Å²) in [4.78, 5) is 0. The van der Waals surface area contributed by atoms with Crippen molar-refractivity contribution >= 4 is 14.9 Å². The van der Waals surface area contributed by atoms with Gasteiger partial charge in [0.1, 0.15) is 0 Å². The van der Waals surface area contributed by atoms with E-state index < -0.39 is 0 Å². The average Bonchev–Trinajstić information content (AvgIpc) is 1.87. The van der Waals surface area contributed by atoms with Crippen LogP contribution in [0, 0.1) is 6.92 Å². The van der Waals surface area contributed by atoms with E-state index in [9.17, 15) is 0 Å². The Morgan fingerprint density at radius 2 is 2.29 bits per heavy atom. The Morgan fingerprint density at radius 1 is 1.57 bits per heavy atom. The molecular formula is C3H5N2OP. The Kier molecular flexibility index (Phi) is 1.07. The zero-order valence-electron chi connectivity index (χ0n) is 3.88. The molecule has 0 N–H and O–H groups in total. The highest BCUT2D eigenvalue weighted by atomic mass is 31.0. The summed E-state index contributed by atoms with van der Waals surface area (Å²) in [7, 11) is 2.31. The molecule has 0 saturated carbocycles. The Labute approximate surface area is 43.3 Å². The van der Waals surface area contributed by atoms with E-state index in [4.69, 9.17) is 4.42 Å². The van der Waals surface area contributed by atoms with Crippen LogP contribution in [0.2, 0.25) is 0 Å². The van der Waals surface area contributed by atoms with E-state index in [1.807, 2.05) is 0 Å². The molecule has 0 aliphatic rings. The molecule has 38 valence electrons. The molecule has 0 amide bonds. The molecule has 1 heterocycles. The largest absolute Gasteiger partial charge is 0.422 e. The van der Waals surface area contributed by atoms with Crippen LogP contribution in [0.15, 0.2) is 4.42 Å². The summed E-state index contributed by atoms with van der Waals surface area (Å²) < 4.78 is 4.82. The zero-order chi connectivity index (χ0) is 5.28. The third kappa shape index (κ3) is 0.967. The predicted molar refractivity (Wildman–Crippen MR) is 28.4 cm³/mol. The fraction of sp³-hybridized carbons (Fsp3) is 0.333. The van der Waals surface area contributed by atoms with E-state index >= 15 is 0 Å². The number of aromatic nitrogens is 2. The fourth-order valence-electron chi connectivity index (χ4n) is 0.312. The van der Waals surface area contributed by atoms with Gasteiger partial charge in [0.05, 0.1) is 0 Å². The molecule has 0 saturated heterocycles. The molecule has 0 spiro atoms. The second-order valence-corrected chi connectivity index (χ2v) is 1.65. The number of rotatable bonds is 0. The van der Waals surface area contributed by atoms with Gasteiger partial charge < -0.3 is 4.42 Å². The van der Waals surface area contributed by atoms with Crippen LogP contribution in [-0.2, 0) is 0 Å². The van der Waals surface area contributed by atoms with Crippen molar-refractivity contribution in [2.24, 2.45) is 0 Å². The van der Waals surface area contributed by atoms with Crippen molar-refractivity contribution < 1.29 is 4.42 Å². The first-order valence-electron chi connectivity index (χ1n) is 1.84. The molecule has 0 aliphatic heterocycles. The van der Waals surface area contributed by atoms with Gasteiger partial charge in [-0.1, -0.05) is 0 Å². The molecule has 3 nitrogen and oxygen atoms in total. The van der Waals surface area contributed by atoms with Crippen LogP contribution in [0.25, 0.3) is 0 Å². The molecule has 1 atom stereocenters. The van der Waals surface area contributed by atoms with Gasteiger partial charge >= 0.3 is 0 Å². The van der Waals surface area contributed by atoms with Crippen LogP contribution >= 0.6 is 9.24 Å². The standard InChI is InChI=1S/C3H5N2OP/c1-2-4-5-3(7)6-2/h7H2,1H3. The number of hydrogen-bond acceptors (Lipinski definition) is 3. The first-order chi connectivity index (χ1) is 3.29. The lowest BCUT2D eigenvalue weighted by atomic mass is 10.8. The quantitative estimate of drug-likeness (QED) is 0.443. The fourth-order valence-corrected chi connectivity index (χ4v) is 0.540. The van der Waals surface area contributed by atoms with E-state index in [1.165, 1.54) is 0 Å². The van der Waals surface area contributed by atoms with E-state index in [2.05, 4.69) is 19.4 Å². The van der Waals surface area contributed by atoms with Crippen molar-refractivity contribution in [3.63, 3.8) is 0 Å². The van der Waals surface area contributed by atoms with Gasteiger partial charge in [-0.2, -0.15) is 0 Å². The minimum absolute atomic E-state index is 0.539. The van der Waals surface area contributed by atoms with Crippen LogP contribution in [0.5, 0.6) is 0 Å². The van der Waals surface area contributed by atoms with Crippen LogP contribution in [0.1, 0.15) is 5.89 Å². The van der Waals surface area contributed by atoms with Crippen molar-refractivity contribution in [3.05, 3.63) is 5.89 Å². The smallest absolute Gasteiger partial charge is 0.231 e. The lowest BCUT2D eigenvalue weighted by Crippen LogP contribution is -1.85. The monoisotopic (exact) mass is 116 g/mol. The van der Waals surface area contributed by atoms with E-state index in [0.29, 0.717) is 11.5 Å². The van der Waals surface area contributed by atoms with E-state index in [-0.39, 0.29) is 0 Å². The van der Waals surface area contributed by atoms with Crippen molar-refractivity contribution in [2.45, 2.75) is 6.92 Å². The van der Waals surface area contributed by atoms with Gasteiger partial charge in [-0.3, -0.25) is 0 Å². The summed E-state index contributed by atoms with van der Waals surface area (Å²) in [5.74, 6) is 0.602. The number of aryl methyl sites for hydroxylation is 1. The molecule has 1 unspecified atom stereocenters. The maximum absolute atomic E-state index is 4.82. The van der Waals surface area contributed by atoms with Gasteiger partial charge in [-0.05, 0) is 9.24 Å². The lowest BCUT2D eigenvalue weighted by molar-refractivity contribution is 0.551. The van der Waals surface area contributed by atoms with Crippen LogP contribution in [-0.4, -0.2) is 10.2 Å². The molecule has 0 bridgehead atoms. The van der Waals surface area contributed by atoms with E-state index in [0.717, 1.165) is 0 Å². The third-order valence-corrected chi connectivity index (χ3v) is 0.775. The Bertz CT molecular complexity index is 145. The highest BCUT2D eigenvalue weighted by molar-refractivity contribution is 7.26. The first-order valence-corrected chi connectivity index (χ1v) is 2.42.